The average molecular weight is 424 g/mol. The second-order valence-electron chi connectivity index (χ2n) is 9.75. The van der Waals surface area contributed by atoms with E-state index in [-0.39, 0.29) is 11.4 Å². The zero-order valence-corrected chi connectivity index (χ0v) is 19.9. The van der Waals surface area contributed by atoms with Gasteiger partial charge in [-0.25, -0.2) is 4.98 Å². The molecule has 1 aliphatic heterocycles. The summed E-state index contributed by atoms with van der Waals surface area (Å²) in [7, 11) is 2.17. The molecule has 2 N–H and O–H groups in total. The number of nitriles is 2. The Morgan fingerprint density at radius 2 is 1.88 bits per heavy atom. The lowest BCUT2D eigenvalue weighted by atomic mass is 9.79. The molecule has 1 unspecified atom stereocenters. The zero-order chi connectivity index (χ0) is 23.5. The summed E-state index contributed by atoms with van der Waals surface area (Å²) in [6, 6.07) is 9.03. The standard InChI is InChI=1S/C27H29N5/c1-14-8-23-19(15(2)11-27(5,6)32(23)7)9-18(14)10-20-16(3)21(12-28)25-24(20)17(4)22(13-29)26(30)31-25/h8-10,15H,11H2,1-7H3,(H2,30,31)/b20-10+. The molecule has 0 fully saturated rings. The number of allylic oxidation sites excluding steroid dienone is 3. The highest BCUT2D eigenvalue weighted by Crippen LogP contribution is 2.46. The highest BCUT2D eigenvalue weighted by Gasteiger charge is 2.35. The summed E-state index contributed by atoms with van der Waals surface area (Å²) in [5.74, 6) is 0.625. The monoisotopic (exact) mass is 423 g/mol. The van der Waals surface area contributed by atoms with E-state index in [1.165, 1.54) is 16.8 Å². The number of anilines is 2. The van der Waals surface area contributed by atoms with Crippen LogP contribution in [0.1, 0.15) is 79.1 Å². The van der Waals surface area contributed by atoms with Crippen molar-refractivity contribution in [3.05, 3.63) is 56.8 Å². The van der Waals surface area contributed by atoms with E-state index in [0.717, 1.165) is 34.3 Å². The van der Waals surface area contributed by atoms with Gasteiger partial charge in [-0.15, -0.1) is 0 Å². The van der Waals surface area contributed by atoms with Crippen molar-refractivity contribution in [2.45, 2.75) is 59.4 Å². The molecule has 162 valence electrons. The molecule has 1 aliphatic carbocycles. The molecule has 4 rings (SSSR count). The van der Waals surface area contributed by atoms with Gasteiger partial charge in [-0.2, -0.15) is 10.5 Å². The van der Waals surface area contributed by atoms with E-state index >= 15 is 0 Å². The molecule has 1 aromatic carbocycles. The Bertz CT molecular complexity index is 1310. The fraction of sp³-hybridized carbons (Fsp3) is 0.370. The van der Waals surface area contributed by atoms with Gasteiger partial charge in [0.1, 0.15) is 18.0 Å². The van der Waals surface area contributed by atoms with Gasteiger partial charge in [0.05, 0.1) is 16.8 Å². The number of benzene rings is 1. The van der Waals surface area contributed by atoms with Crippen LogP contribution in [0.3, 0.4) is 0 Å². The highest BCUT2D eigenvalue weighted by atomic mass is 15.2. The van der Waals surface area contributed by atoms with Crippen LogP contribution in [-0.2, 0) is 0 Å². The predicted molar refractivity (Wildman–Crippen MR) is 131 cm³/mol. The first-order valence-electron chi connectivity index (χ1n) is 10.9. The maximum absolute atomic E-state index is 9.81. The average Bonchev–Trinajstić information content (AvgIpc) is 2.98. The van der Waals surface area contributed by atoms with E-state index in [1.807, 2.05) is 13.8 Å². The van der Waals surface area contributed by atoms with Crippen LogP contribution in [0.25, 0.3) is 17.2 Å². The molecule has 32 heavy (non-hydrogen) atoms. The number of hydrogen-bond donors (Lipinski definition) is 1. The van der Waals surface area contributed by atoms with Gasteiger partial charge in [0, 0.05) is 23.8 Å². The molecule has 2 heterocycles. The summed E-state index contributed by atoms with van der Waals surface area (Å²) in [6.07, 6.45) is 3.23. The smallest absolute Gasteiger partial charge is 0.142 e. The SMILES string of the molecule is CC1=C(C#N)c2nc(N)c(C#N)c(C)c2/C1=C/c1cc2c(cc1C)N(C)C(C)(C)CC2C. The summed E-state index contributed by atoms with van der Waals surface area (Å²) in [4.78, 5) is 6.82. The molecule has 0 bridgehead atoms. The Kier molecular flexibility index (Phi) is 4.90. The fourth-order valence-electron chi connectivity index (χ4n) is 5.24. The third-order valence-corrected chi connectivity index (χ3v) is 7.31. The first-order chi connectivity index (χ1) is 15.0. The molecule has 0 saturated carbocycles. The summed E-state index contributed by atoms with van der Waals surface area (Å²) in [5, 5.41) is 19.4. The molecule has 2 aromatic rings. The molecular formula is C27H29N5. The molecule has 0 spiro atoms. The first kappa shape index (κ1) is 21.7. The van der Waals surface area contributed by atoms with Gasteiger partial charge in [-0.3, -0.25) is 0 Å². The lowest BCUT2D eigenvalue weighted by Gasteiger charge is -2.45. The molecule has 5 heteroatoms. The van der Waals surface area contributed by atoms with E-state index in [9.17, 15) is 10.5 Å². The number of fused-ring (bicyclic) bond motifs is 2. The minimum absolute atomic E-state index is 0.112. The first-order valence-corrected chi connectivity index (χ1v) is 10.9. The van der Waals surface area contributed by atoms with Crippen LogP contribution in [0.5, 0.6) is 0 Å². The highest BCUT2D eigenvalue weighted by molar-refractivity contribution is 6.09. The Labute approximate surface area is 190 Å². The van der Waals surface area contributed by atoms with Crippen LogP contribution in [0.15, 0.2) is 17.7 Å². The summed E-state index contributed by atoms with van der Waals surface area (Å²) < 4.78 is 0. The van der Waals surface area contributed by atoms with E-state index in [4.69, 9.17) is 5.73 Å². The number of nitrogen functional groups attached to an aromatic ring is 1. The molecule has 1 aromatic heterocycles. The molecule has 2 aliphatic rings. The topological polar surface area (TPSA) is 89.7 Å². The molecule has 0 amide bonds. The molecule has 1 atom stereocenters. The van der Waals surface area contributed by atoms with Gasteiger partial charge in [0.25, 0.3) is 0 Å². The number of aryl methyl sites for hydroxylation is 1. The van der Waals surface area contributed by atoms with Crippen molar-refractivity contribution in [3.63, 3.8) is 0 Å². The van der Waals surface area contributed by atoms with Gasteiger partial charge in [-0.1, -0.05) is 6.92 Å². The van der Waals surface area contributed by atoms with E-state index < -0.39 is 0 Å². The second kappa shape index (κ2) is 7.24. The van der Waals surface area contributed by atoms with Crippen LogP contribution in [0, 0.1) is 36.5 Å². The normalized spacial score (nSPS) is 20.1. The third kappa shape index (κ3) is 3.00. The predicted octanol–water partition coefficient (Wildman–Crippen LogP) is 5.73. The largest absolute Gasteiger partial charge is 0.383 e. The Balaban J connectivity index is 1.96. The molecule has 5 nitrogen and oxygen atoms in total. The van der Waals surface area contributed by atoms with E-state index in [0.29, 0.717) is 22.7 Å². The van der Waals surface area contributed by atoms with Crippen LogP contribution >= 0.6 is 0 Å². The van der Waals surface area contributed by atoms with Crippen molar-refractivity contribution < 1.29 is 0 Å². The summed E-state index contributed by atoms with van der Waals surface area (Å²) in [6.45, 7) is 12.8. The minimum atomic E-state index is 0.112. The van der Waals surface area contributed by atoms with Crippen LogP contribution < -0.4 is 10.6 Å². The summed E-state index contributed by atoms with van der Waals surface area (Å²) in [5.41, 5.74) is 16.0. The Morgan fingerprint density at radius 3 is 2.50 bits per heavy atom. The van der Waals surface area contributed by atoms with Gasteiger partial charge < -0.3 is 10.6 Å². The van der Waals surface area contributed by atoms with E-state index in [1.54, 1.807) is 0 Å². The van der Waals surface area contributed by atoms with Crippen molar-refractivity contribution in [1.29, 1.82) is 10.5 Å². The van der Waals surface area contributed by atoms with Crippen LogP contribution in [-0.4, -0.2) is 17.6 Å². The van der Waals surface area contributed by atoms with Gasteiger partial charge in [0.15, 0.2) is 0 Å². The molecule has 0 radical (unpaired) electrons. The molecular weight excluding hydrogens is 394 g/mol. The van der Waals surface area contributed by atoms with Gasteiger partial charge >= 0.3 is 0 Å². The number of nitrogens with two attached hydrogens (primary N) is 1. The van der Waals surface area contributed by atoms with E-state index in [2.05, 4.69) is 75.0 Å². The number of aromatic nitrogens is 1. The third-order valence-electron chi connectivity index (χ3n) is 7.31. The van der Waals surface area contributed by atoms with Crippen molar-refractivity contribution in [2.75, 3.05) is 17.7 Å². The van der Waals surface area contributed by atoms with Crippen molar-refractivity contribution in [3.8, 4) is 12.1 Å². The Morgan fingerprint density at radius 1 is 1.19 bits per heavy atom. The van der Waals surface area contributed by atoms with Crippen molar-refractivity contribution >= 4 is 28.7 Å². The van der Waals surface area contributed by atoms with Crippen molar-refractivity contribution in [2.24, 2.45) is 0 Å². The lowest BCUT2D eigenvalue weighted by molar-refractivity contribution is 0.395. The number of rotatable bonds is 1. The second-order valence-corrected chi connectivity index (χ2v) is 9.75. The maximum atomic E-state index is 9.81. The quantitative estimate of drug-likeness (QED) is 0.633. The number of hydrogen-bond acceptors (Lipinski definition) is 5. The maximum Gasteiger partial charge on any atom is 0.142 e. The molecule has 0 saturated heterocycles. The lowest BCUT2D eigenvalue weighted by Crippen LogP contribution is -2.45. The fourth-order valence-corrected chi connectivity index (χ4v) is 5.24. The number of nitrogens with zero attached hydrogens (tertiary/aromatic N) is 4. The van der Waals surface area contributed by atoms with Crippen LogP contribution in [0.2, 0.25) is 0 Å². The zero-order valence-electron chi connectivity index (χ0n) is 19.9. The van der Waals surface area contributed by atoms with Crippen molar-refractivity contribution in [1.82, 2.24) is 4.98 Å². The minimum Gasteiger partial charge on any atom is -0.383 e. The Hall–Kier alpha value is -3.57. The van der Waals surface area contributed by atoms with Gasteiger partial charge in [0.2, 0.25) is 0 Å². The van der Waals surface area contributed by atoms with Crippen LogP contribution in [0.4, 0.5) is 11.5 Å². The number of pyridine rings is 1. The summed E-state index contributed by atoms with van der Waals surface area (Å²) >= 11 is 0. The van der Waals surface area contributed by atoms with Gasteiger partial charge in [-0.05, 0) is 98.6 Å².